The van der Waals surface area contributed by atoms with E-state index in [2.05, 4.69) is 19.3 Å². The number of aromatic nitrogens is 3. The summed E-state index contributed by atoms with van der Waals surface area (Å²) < 4.78 is 42.3. The summed E-state index contributed by atoms with van der Waals surface area (Å²) in [5.74, 6) is -0.00505. The van der Waals surface area contributed by atoms with Crippen molar-refractivity contribution in [2.45, 2.75) is 18.9 Å². The van der Waals surface area contributed by atoms with Crippen LogP contribution in [0.3, 0.4) is 0 Å². The van der Waals surface area contributed by atoms with E-state index in [4.69, 9.17) is 9.47 Å². The molecule has 1 aromatic carbocycles. The smallest absolute Gasteiger partial charge is 0.217 e. The summed E-state index contributed by atoms with van der Waals surface area (Å²) in [4.78, 5) is 12.8. The molecule has 1 aliphatic heterocycles. The van der Waals surface area contributed by atoms with Gasteiger partial charge in [-0.2, -0.15) is 4.36 Å². The molecule has 1 atom stereocenters. The van der Waals surface area contributed by atoms with Gasteiger partial charge in [0.2, 0.25) is 5.88 Å². The van der Waals surface area contributed by atoms with Crippen LogP contribution in [0.25, 0.3) is 10.9 Å². The summed E-state index contributed by atoms with van der Waals surface area (Å²) in [7, 11) is -2.41. The van der Waals surface area contributed by atoms with E-state index in [0.717, 1.165) is 12.0 Å². The van der Waals surface area contributed by atoms with Gasteiger partial charge in [0.15, 0.2) is 0 Å². The average molecular weight is 416 g/mol. The van der Waals surface area contributed by atoms with Crippen molar-refractivity contribution in [2.75, 3.05) is 25.7 Å². The van der Waals surface area contributed by atoms with Crippen LogP contribution in [-0.4, -0.2) is 51.0 Å². The molecule has 0 N–H and O–H groups in total. The zero-order valence-corrected chi connectivity index (χ0v) is 17.0. The van der Waals surface area contributed by atoms with Crippen molar-refractivity contribution >= 4 is 26.3 Å². The van der Waals surface area contributed by atoms with Crippen LogP contribution in [0.1, 0.15) is 17.7 Å². The van der Waals surface area contributed by atoms with Crippen LogP contribution in [0, 0.1) is 5.82 Å². The fourth-order valence-corrected chi connectivity index (χ4v) is 3.85. The molecule has 29 heavy (non-hydrogen) atoms. The van der Waals surface area contributed by atoms with Crippen molar-refractivity contribution in [3.05, 3.63) is 53.9 Å². The standard InChI is InChI=1S/C20H21FN4O3S/c1-29(2,26)25-14-9-16(21)19-17(23-12-24-18(19)10-14)8-13-4-3-6-22-20(13)28-15-5-7-27-11-15/h3-4,6,9-10,12,15H,5,7-8,11H2,1-2H3/t15-/m1/s1. The molecule has 0 amide bonds. The molecule has 0 radical (unpaired) electrons. The Hall–Kier alpha value is -2.65. The van der Waals surface area contributed by atoms with E-state index in [9.17, 15) is 8.60 Å². The van der Waals surface area contributed by atoms with Gasteiger partial charge >= 0.3 is 0 Å². The minimum absolute atomic E-state index is 0.0374. The lowest BCUT2D eigenvalue weighted by Gasteiger charge is -2.14. The summed E-state index contributed by atoms with van der Waals surface area (Å²) in [6, 6.07) is 6.57. The lowest BCUT2D eigenvalue weighted by atomic mass is 10.1. The maximum Gasteiger partial charge on any atom is 0.217 e. The van der Waals surface area contributed by atoms with Crippen LogP contribution in [0.5, 0.6) is 5.88 Å². The third-order valence-electron chi connectivity index (χ3n) is 4.45. The Labute approximate surface area is 168 Å². The van der Waals surface area contributed by atoms with E-state index in [-0.39, 0.29) is 6.10 Å². The molecule has 7 nitrogen and oxygen atoms in total. The predicted octanol–water partition coefficient (Wildman–Crippen LogP) is 3.28. The van der Waals surface area contributed by atoms with Crippen LogP contribution >= 0.6 is 0 Å². The quantitative estimate of drug-likeness (QED) is 0.634. The topological polar surface area (TPSA) is 86.6 Å². The number of benzene rings is 1. The summed E-state index contributed by atoms with van der Waals surface area (Å²) in [6.07, 6.45) is 7.16. The second-order valence-corrected chi connectivity index (χ2v) is 9.71. The lowest BCUT2D eigenvalue weighted by Crippen LogP contribution is -2.17. The second-order valence-electron chi connectivity index (χ2n) is 7.16. The van der Waals surface area contributed by atoms with Crippen molar-refractivity contribution in [3.8, 4) is 5.88 Å². The van der Waals surface area contributed by atoms with Gasteiger partial charge < -0.3 is 9.47 Å². The molecule has 0 saturated carbocycles. The monoisotopic (exact) mass is 416 g/mol. The Morgan fingerprint density at radius 3 is 2.93 bits per heavy atom. The Morgan fingerprint density at radius 1 is 1.31 bits per heavy atom. The third kappa shape index (κ3) is 4.68. The number of nitrogens with zero attached hydrogens (tertiary/aromatic N) is 4. The van der Waals surface area contributed by atoms with Crippen LogP contribution in [0.2, 0.25) is 0 Å². The van der Waals surface area contributed by atoms with E-state index < -0.39 is 15.5 Å². The molecular weight excluding hydrogens is 395 g/mol. The van der Waals surface area contributed by atoms with E-state index in [1.54, 1.807) is 12.3 Å². The number of hydrogen-bond donors (Lipinski definition) is 0. The normalized spacial score (nSPS) is 16.9. The molecule has 0 unspecified atom stereocenters. The van der Waals surface area contributed by atoms with Gasteiger partial charge in [0, 0.05) is 52.9 Å². The molecule has 3 aromatic rings. The summed E-state index contributed by atoms with van der Waals surface area (Å²) in [6.45, 7) is 1.20. The molecule has 1 saturated heterocycles. The zero-order chi connectivity index (χ0) is 20.4. The minimum atomic E-state index is -2.41. The van der Waals surface area contributed by atoms with E-state index in [1.165, 1.54) is 24.9 Å². The van der Waals surface area contributed by atoms with Crippen LogP contribution < -0.4 is 4.74 Å². The Bertz CT molecular complexity index is 1160. The van der Waals surface area contributed by atoms with Crippen molar-refractivity contribution < 1.29 is 18.1 Å². The van der Waals surface area contributed by atoms with E-state index >= 15 is 0 Å². The highest BCUT2D eigenvalue weighted by atomic mass is 32.2. The molecule has 9 heteroatoms. The van der Waals surface area contributed by atoms with Crippen molar-refractivity contribution in [3.63, 3.8) is 0 Å². The third-order valence-corrected chi connectivity index (χ3v) is 5.10. The average Bonchev–Trinajstić information content (AvgIpc) is 3.15. The highest BCUT2D eigenvalue weighted by Crippen LogP contribution is 2.29. The van der Waals surface area contributed by atoms with Crippen molar-refractivity contribution in [1.82, 2.24) is 15.0 Å². The molecule has 0 spiro atoms. The Balaban J connectivity index is 1.71. The molecule has 1 fully saturated rings. The van der Waals surface area contributed by atoms with Gasteiger partial charge in [0.1, 0.15) is 18.2 Å². The molecule has 4 rings (SSSR count). The fraction of sp³-hybridized carbons (Fsp3) is 0.350. The van der Waals surface area contributed by atoms with E-state index in [0.29, 0.717) is 47.8 Å². The highest BCUT2D eigenvalue weighted by molar-refractivity contribution is 7.92. The SMILES string of the molecule is CS(C)(=O)=Nc1cc(F)c2c(Cc3cccnc3O[C@@H]3CCOC3)ncnc2c1. The molecule has 0 aliphatic carbocycles. The maximum atomic E-state index is 14.9. The Morgan fingerprint density at radius 2 is 2.17 bits per heavy atom. The van der Waals surface area contributed by atoms with E-state index in [1.807, 2.05) is 12.1 Å². The summed E-state index contributed by atoms with van der Waals surface area (Å²) in [5, 5.41) is 0.309. The van der Waals surface area contributed by atoms with Crippen LogP contribution in [0.15, 0.2) is 41.2 Å². The van der Waals surface area contributed by atoms with Gasteiger partial charge in [-0.25, -0.2) is 23.6 Å². The van der Waals surface area contributed by atoms with Gasteiger partial charge in [0.25, 0.3) is 0 Å². The molecule has 1 aliphatic rings. The number of rotatable bonds is 5. The lowest BCUT2D eigenvalue weighted by molar-refractivity contribution is 0.137. The molecule has 0 bridgehead atoms. The predicted molar refractivity (Wildman–Crippen MR) is 108 cm³/mol. The molecule has 3 heterocycles. The number of hydrogen-bond acceptors (Lipinski definition) is 7. The molecule has 2 aromatic heterocycles. The number of pyridine rings is 1. The fourth-order valence-electron chi connectivity index (χ4n) is 3.24. The number of fused-ring (bicyclic) bond motifs is 1. The summed E-state index contributed by atoms with van der Waals surface area (Å²) >= 11 is 0. The van der Waals surface area contributed by atoms with Crippen LogP contribution in [0.4, 0.5) is 10.1 Å². The first-order chi connectivity index (χ1) is 13.9. The van der Waals surface area contributed by atoms with Crippen molar-refractivity contribution in [2.24, 2.45) is 4.36 Å². The number of ether oxygens (including phenoxy) is 2. The second kappa shape index (κ2) is 8.00. The zero-order valence-electron chi connectivity index (χ0n) is 16.2. The van der Waals surface area contributed by atoms with Crippen molar-refractivity contribution in [1.29, 1.82) is 0 Å². The largest absolute Gasteiger partial charge is 0.472 e. The van der Waals surface area contributed by atoms with Crippen LogP contribution in [-0.2, 0) is 20.9 Å². The Kier molecular flexibility index (Phi) is 5.42. The molecular formula is C20H21FN4O3S. The number of halogens is 1. The first-order valence-electron chi connectivity index (χ1n) is 9.17. The van der Waals surface area contributed by atoms with Gasteiger partial charge in [-0.1, -0.05) is 6.07 Å². The maximum absolute atomic E-state index is 14.9. The van der Waals surface area contributed by atoms with Gasteiger partial charge in [-0.05, 0) is 12.1 Å². The highest BCUT2D eigenvalue weighted by Gasteiger charge is 2.20. The first kappa shape index (κ1) is 19.7. The summed E-state index contributed by atoms with van der Waals surface area (Å²) in [5.41, 5.74) is 2.03. The van der Waals surface area contributed by atoms with Gasteiger partial charge in [-0.15, -0.1) is 0 Å². The van der Waals surface area contributed by atoms with Gasteiger partial charge in [0.05, 0.1) is 35.5 Å². The first-order valence-corrected chi connectivity index (χ1v) is 11.5. The minimum Gasteiger partial charge on any atom is -0.472 e. The molecule has 152 valence electrons. The van der Waals surface area contributed by atoms with Gasteiger partial charge in [-0.3, -0.25) is 0 Å².